The molecular weight excluding hydrogens is 334 g/mol. The van der Waals surface area contributed by atoms with Gasteiger partial charge in [0.1, 0.15) is 17.2 Å². The molecule has 1 aromatic heterocycles. The lowest BCUT2D eigenvalue weighted by Gasteiger charge is -2.09. The Hall–Kier alpha value is -0.130. The number of aryl methyl sites for hydroxylation is 1. The van der Waals surface area contributed by atoms with E-state index in [1.54, 1.807) is 6.33 Å². The molecule has 1 aromatic rings. The number of hydrogen-bond donors (Lipinski definition) is 1. The van der Waals surface area contributed by atoms with Crippen LogP contribution in [0.3, 0.4) is 0 Å². The van der Waals surface area contributed by atoms with Gasteiger partial charge in [0.15, 0.2) is 0 Å². The van der Waals surface area contributed by atoms with Crippen LogP contribution in [0.4, 0.5) is 5.82 Å². The summed E-state index contributed by atoms with van der Waals surface area (Å²) >= 11 is 10.2. The molecule has 126 valence electrons. The molecule has 0 unspecified atom stereocenters. The van der Waals surface area contributed by atoms with Crippen molar-refractivity contribution in [3.05, 3.63) is 17.0 Å². The highest BCUT2D eigenvalue weighted by Gasteiger charge is 2.06. The Balaban J connectivity index is 2.00. The first-order chi connectivity index (χ1) is 10.8. The van der Waals surface area contributed by atoms with Gasteiger partial charge in [-0.25, -0.2) is 9.97 Å². The second-order valence-corrected chi connectivity index (χ2v) is 7.91. The molecule has 1 heterocycles. The van der Waals surface area contributed by atoms with Crippen molar-refractivity contribution in [1.29, 1.82) is 0 Å². The maximum absolute atomic E-state index is 6.25. The first-order valence-electron chi connectivity index (χ1n) is 8.09. The lowest BCUT2D eigenvalue weighted by molar-refractivity contribution is 0.619. The predicted molar refractivity (Wildman–Crippen MR) is 103 cm³/mol. The molecule has 0 saturated heterocycles. The van der Waals surface area contributed by atoms with E-state index in [9.17, 15) is 0 Å². The van der Waals surface area contributed by atoms with E-state index in [0.717, 1.165) is 24.5 Å². The van der Waals surface area contributed by atoms with Crippen LogP contribution in [-0.4, -0.2) is 33.6 Å². The number of hydrogen-bond acceptors (Lipinski definition) is 5. The molecule has 0 spiro atoms. The van der Waals surface area contributed by atoms with Crippen molar-refractivity contribution in [2.24, 2.45) is 0 Å². The number of unbranched alkanes of at least 4 members (excludes halogenated alkanes) is 5. The number of nitrogens with zero attached hydrogens (tertiary/aromatic N) is 2. The molecular formula is C16H28ClN3S2. The molecule has 6 heteroatoms. The summed E-state index contributed by atoms with van der Waals surface area (Å²) in [7, 11) is 0. The second kappa shape index (κ2) is 13.3. The van der Waals surface area contributed by atoms with Crippen molar-refractivity contribution in [1.82, 2.24) is 9.97 Å². The minimum atomic E-state index is 0.674. The van der Waals surface area contributed by atoms with Gasteiger partial charge in [0.05, 0.1) is 5.69 Å². The first-order valence-corrected chi connectivity index (χ1v) is 11.0. The van der Waals surface area contributed by atoms with Gasteiger partial charge in [0.2, 0.25) is 0 Å². The molecule has 0 radical (unpaired) electrons. The van der Waals surface area contributed by atoms with Gasteiger partial charge in [-0.3, -0.25) is 0 Å². The highest BCUT2D eigenvalue weighted by Crippen LogP contribution is 2.22. The van der Waals surface area contributed by atoms with Gasteiger partial charge in [-0.1, -0.05) is 44.2 Å². The summed E-state index contributed by atoms with van der Waals surface area (Å²) in [5.74, 6) is 2.09. The molecule has 0 aliphatic heterocycles. The zero-order chi connectivity index (χ0) is 16.0. The average Bonchev–Trinajstić information content (AvgIpc) is 2.54. The minimum absolute atomic E-state index is 0.674. The van der Waals surface area contributed by atoms with E-state index in [1.807, 2.05) is 11.8 Å². The molecule has 0 atom stereocenters. The van der Waals surface area contributed by atoms with Crippen LogP contribution in [0.2, 0.25) is 5.02 Å². The highest BCUT2D eigenvalue weighted by atomic mass is 35.5. The molecule has 0 amide bonds. The summed E-state index contributed by atoms with van der Waals surface area (Å²) in [4.78, 5) is 8.39. The molecule has 3 nitrogen and oxygen atoms in total. The fourth-order valence-electron chi connectivity index (χ4n) is 2.16. The van der Waals surface area contributed by atoms with E-state index in [1.165, 1.54) is 49.4 Å². The van der Waals surface area contributed by atoms with Crippen LogP contribution in [-0.2, 0) is 6.42 Å². The largest absolute Gasteiger partial charge is 0.369 e. The van der Waals surface area contributed by atoms with Crippen LogP contribution in [0.1, 0.15) is 51.1 Å². The number of aromatic nitrogens is 2. The summed E-state index contributed by atoms with van der Waals surface area (Å²) in [6.07, 6.45) is 12.4. The van der Waals surface area contributed by atoms with Crippen LogP contribution in [0.15, 0.2) is 6.33 Å². The van der Waals surface area contributed by atoms with Gasteiger partial charge in [0.25, 0.3) is 0 Å². The van der Waals surface area contributed by atoms with Gasteiger partial charge in [0, 0.05) is 11.6 Å². The molecule has 0 saturated carbocycles. The zero-order valence-electron chi connectivity index (χ0n) is 13.7. The Morgan fingerprint density at radius 2 is 1.82 bits per heavy atom. The van der Waals surface area contributed by atoms with Crippen molar-refractivity contribution in [2.75, 3.05) is 29.0 Å². The topological polar surface area (TPSA) is 37.8 Å². The van der Waals surface area contributed by atoms with E-state index in [2.05, 4.69) is 40.2 Å². The van der Waals surface area contributed by atoms with E-state index in [-0.39, 0.29) is 0 Å². The van der Waals surface area contributed by atoms with Crippen molar-refractivity contribution in [3.63, 3.8) is 0 Å². The summed E-state index contributed by atoms with van der Waals surface area (Å²) < 4.78 is 0. The molecule has 0 aliphatic carbocycles. The summed E-state index contributed by atoms with van der Waals surface area (Å²) in [5.41, 5.74) is 0.915. The van der Waals surface area contributed by atoms with Crippen LogP contribution in [0.5, 0.6) is 0 Å². The van der Waals surface area contributed by atoms with Gasteiger partial charge in [-0.05, 0) is 31.3 Å². The van der Waals surface area contributed by atoms with Gasteiger partial charge in [-0.2, -0.15) is 23.5 Å². The fraction of sp³-hybridized carbons (Fsp3) is 0.750. The summed E-state index contributed by atoms with van der Waals surface area (Å²) in [6, 6.07) is 0. The zero-order valence-corrected chi connectivity index (χ0v) is 16.1. The van der Waals surface area contributed by atoms with Gasteiger partial charge >= 0.3 is 0 Å². The molecule has 0 aliphatic rings. The van der Waals surface area contributed by atoms with Crippen LogP contribution in [0, 0.1) is 0 Å². The maximum atomic E-state index is 6.25. The summed E-state index contributed by atoms with van der Waals surface area (Å²) in [5, 5.41) is 5.23. The van der Waals surface area contributed by atoms with E-state index < -0.39 is 0 Å². The third kappa shape index (κ3) is 8.49. The minimum Gasteiger partial charge on any atom is -0.369 e. The van der Waals surface area contributed by atoms with Crippen LogP contribution < -0.4 is 5.32 Å². The Bertz CT molecular complexity index is 405. The quantitative estimate of drug-likeness (QED) is 0.371. The van der Waals surface area contributed by atoms with E-state index in [0.29, 0.717) is 5.02 Å². The Morgan fingerprint density at radius 1 is 1.09 bits per heavy atom. The number of nitrogens with one attached hydrogen (secondary N) is 1. The van der Waals surface area contributed by atoms with Crippen molar-refractivity contribution >= 4 is 40.9 Å². The number of halogens is 1. The third-order valence-electron chi connectivity index (χ3n) is 3.41. The lowest BCUT2D eigenvalue weighted by atomic mass is 10.1. The lowest BCUT2D eigenvalue weighted by Crippen LogP contribution is -2.05. The Morgan fingerprint density at radius 3 is 2.55 bits per heavy atom. The van der Waals surface area contributed by atoms with Crippen LogP contribution >= 0.6 is 35.1 Å². The van der Waals surface area contributed by atoms with E-state index in [4.69, 9.17) is 11.6 Å². The normalized spacial score (nSPS) is 10.9. The maximum Gasteiger partial charge on any atom is 0.148 e. The predicted octanol–water partition coefficient (Wildman–Crippen LogP) is 5.50. The third-order valence-corrected chi connectivity index (χ3v) is 5.99. The Labute approximate surface area is 148 Å². The average molecular weight is 362 g/mol. The fourth-order valence-corrected chi connectivity index (χ4v) is 4.01. The monoisotopic (exact) mass is 361 g/mol. The number of anilines is 1. The van der Waals surface area contributed by atoms with Crippen molar-refractivity contribution in [3.8, 4) is 0 Å². The van der Waals surface area contributed by atoms with Gasteiger partial charge in [-0.15, -0.1) is 0 Å². The SMILES string of the molecule is CCc1ncnc(NCCCCCCCCSCSC)c1Cl. The highest BCUT2D eigenvalue weighted by molar-refractivity contribution is 8.15. The van der Waals surface area contributed by atoms with Crippen molar-refractivity contribution < 1.29 is 0 Å². The number of thioether (sulfide) groups is 2. The smallest absolute Gasteiger partial charge is 0.148 e. The van der Waals surface area contributed by atoms with Gasteiger partial charge < -0.3 is 5.32 Å². The molecule has 0 bridgehead atoms. The molecule has 0 fully saturated rings. The second-order valence-electron chi connectivity index (χ2n) is 5.20. The molecule has 22 heavy (non-hydrogen) atoms. The standard InChI is InChI=1S/C16H28ClN3S2/c1-3-14-15(17)16(20-12-19-14)18-10-8-6-4-5-7-9-11-22-13-21-2/h12H,3-11,13H2,1-2H3,(H,18,19,20). The van der Waals surface area contributed by atoms with E-state index >= 15 is 0 Å². The number of rotatable bonds is 13. The molecule has 0 aromatic carbocycles. The summed E-state index contributed by atoms with van der Waals surface area (Å²) in [6.45, 7) is 2.99. The first kappa shape index (κ1) is 19.9. The van der Waals surface area contributed by atoms with Crippen LogP contribution in [0.25, 0.3) is 0 Å². The Kier molecular flexibility index (Phi) is 12.1. The molecule has 1 rings (SSSR count). The molecule has 1 N–H and O–H groups in total. The van der Waals surface area contributed by atoms with Crippen molar-refractivity contribution in [2.45, 2.75) is 51.9 Å².